The van der Waals surface area contributed by atoms with Crippen molar-refractivity contribution >= 4 is 11.0 Å². The number of H-pyrrole nitrogens is 2. The van der Waals surface area contributed by atoms with Crippen molar-refractivity contribution in [2.75, 3.05) is 0 Å². The molecular weight excluding hydrogens is 202 g/mol. The van der Waals surface area contributed by atoms with Crippen LogP contribution in [0.5, 0.6) is 0 Å². The van der Waals surface area contributed by atoms with E-state index in [0.29, 0.717) is 6.04 Å². The van der Waals surface area contributed by atoms with Crippen molar-refractivity contribution in [3.05, 3.63) is 34.2 Å². The van der Waals surface area contributed by atoms with E-state index in [-0.39, 0.29) is 5.69 Å². The summed E-state index contributed by atoms with van der Waals surface area (Å²) in [6.45, 7) is 0.883. The molecule has 1 heterocycles. The monoisotopic (exact) mass is 217 g/mol. The Balaban J connectivity index is 1.78. The first-order valence-corrected chi connectivity index (χ1v) is 5.75. The number of nitrogens with one attached hydrogen (secondary N) is 3. The van der Waals surface area contributed by atoms with Crippen LogP contribution in [-0.4, -0.2) is 16.0 Å². The van der Waals surface area contributed by atoms with Crippen LogP contribution < -0.4 is 11.0 Å². The molecule has 3 N–H and O–H groups in total. The Hall–Kier alpha value is -1.55. The molecule has 0 amide bonds. The number of imidazole rings is 1. The highest BCUT2D eigenvalue weighted by Gasteiger charge is 2.15. The molecule has 0 unspecified atom stereocenters. The van der Waals surface area contributed by atoms with E-state index in [2.05, 4.69) is 21.4 Å². The molecule has 0 atom stereocenters. The molecule has 0 radical (unpaired) electrons. The van der Waals surface area contributed by atoms with Gasteiger partial charge in [-0.1, -0.05) is 12.5 Å². The van der Waals surface area contributed by atoms with Gasteiger partial charge in [-0.05, 0) is 30.5 Å². The van der Waals surface area contributed by atoms with Gasteiger partial charge in [0.15, 0.2) is 0 Å². The molecule has 1 aromatic carbocycles. The molecule has 0 bridgehead atoms. The molecule has 84 valence electrons. The van der Waals surface area contributed by atoms with E-state index in [1.165, 1.54) is 24.8 Å². The Bertz CT molecular complexity index is 551. The molecule has 2 aromatic rings. The highest BCUT2D eigenvalue weighted by molar-refractivity contribution is 5.74. The lowest BCUT2D eigenvalue weighted by Gasteiger charge is -2.26. The molecule has 0 aliphatic heterocycles. The van der Waals surface area contributed by atoms with Gasteiger partial charge >= 0.3 is 5.69 Å². The van der Waals surface area contributed by atoms with Gasteiger partial charge in [-0.15, -0.1) is 0 Å². The number of hydrogen-bond acceptors (Lipinski definition) is 2. The number of rotatable bonds is 3. The molecule has 0 spiro atoms. The van der Waals surface area contributed by atoms with E-state index >= 15 is 0 Å². The minimum atomic E-state index is -0.140. The van der Waals surface area contributed by atoms with Crippen LogP contribution in [0.3, 0.4) is 0 Å². The van der Waals surface area contributed by atoms with Crippen molar-refractivity contribution in [2.45, 2.75) is 31.8 Å². The molecule has 0 saturated heterocycles. The predicted molar refractivity (Wildman–Crippen MR) is 63.4 cm³/mol. The Morgan fingerprint density at radius 1 is 1.25 bits per heavy atom. The van der Waals surface area contributed by atoms with Gasteiger partial charge in [-0.2, -0.15) is 0 Å². The van der Waals surface area contributed by atoms with Gasteiger partial charge < -0.3 is 15.3 Å². The summed E-state index contributed by atoms with van der Waals surface area (Å²) in [6, 6.07) is 6.72. The highest BCUT2D eigenvalue weighted by Crippen LogP contribution is 2.19. The van der Waals surface area contributed by atoms with Crippen molar-refractivity contribution in [1.82, 2.24) is 15.3 Å². The standard InChI is InChI=1S/C12H15N3O/c16-12-14-10-5-4-8(6-11(10)15-12)7-13-9-2-1-3-9/h4-6,9,13H,1-3,7H2,(H2,14,15,16). The molecule has 4 nitrogen and oxygen atoms in total. The van der Waals surface area contributed by atoms with Crippen LogP contribution in [0.15, 0.2) is 23.0 Å². The fourth-order valence-corrected chi connectivity index (χ4v) is 2.06. The molecule has 1 saturated carbocycles. The minimum Gasteiger partial charge on any atom is -0.310 e. The summed E-state index contributed by atoms with van der Waals surface area (Å²) in [6.07, 6.45) is 3.94. The average Bonchev–Trinajstić information content (AvgIpc) is 2.55. The zero-order chi connectivity index (χ0) is 11.0. The summed E-state index contributed by atoms with van der Waals surface area (Å²) in [4.78, 5) is 16.6. The average molecular weight is 217 g/mol. The first-order chi connectivity index (χ1) is 7.81. The molecule has 1 aliphatic carbocycles. The number of fused-ring (bicyclic) bond motifs is 1. The normalized spacial score (nSPS) is 16.5. The second-order valence-corrected chi connectivity index (χ2v) is 4.47. The Kier molecular flexibility index (Phi) is 2.29. The lowest BCUT2D eigenvalue weighted by Crippen LogP contribution is -2.34. The fourth-order valence-electron chi connectivity index (χ4n) is 2.06. The second-order valence-electron chi connectivity index (χ2n) is 4.47. The minimum absolute atomic E-state index is 0.140. The topological polar surface area (TPSA) is 60.7 Å². The van der Waals surface area contributed by atoms with Crippen LogP contribution in [0.1, 0.15) is 24.8 Å². The predicted octanol–water partition coefficient (Wildman–Crippen LogP) is 1.50. The van der Waals surface area contributed by atoms with Crippen molar-refractivity contribution in [3.8, 4) is 0 Å². The maximum Gasteiger partial charge on any atom is 0.323 e. The number of aromatic amines is 2. The molecule has 16 heavy (non-hydrogen) atoms. The summed E-state index contributed by atoms with van der Waals surface area (Å²) >= 11 is 0. The van der Waals surface area contributed by atoms with Gasteiger partial charge in [0.1, 0.15) is 0 Å². The molecule has 4 heteroatoms. The smallest absolute Gasteiger partial charge is 0.310 e. The third kappa shape index (κ3) is 1.76. The third-order valence-electron chi connectivity index (χ3n) is 3.28. The first kappa shape index (κ1) is 9.66. The van der Waals surface area contributed by atoms with Gasteiger partial charge in [-0.3, -0.25) is 0 Å². The van der Waals surface area contributed by atoms with Crippen molar-refractivity contribution in [2.24, 2.45) is 0 Å². The van der Waals surface area contributed by atoms with E-state index in [9.17, 15) is 4.79 Å². The van der Waals surface area contributed by atoms with E-state index in [4.69, 9.17) is 0 Å². The van der Waals surface area contributed by atoms with Crippen molar-refractivity contribution in [3.63, 3.8) is 0 Å². The first-order valence-electron chi connectivity index (χ1n) is 5.75. The number of aromatic nitrogens is 2. The third-order valence-corrected chi connectivity index (χ3v) is 3.28. The lowest BCUT2D eigenvalue weighted by atomic mass is 9.93. The number of benzene rings is 1. The summed E-state index contributed by atoms with van der Waals surface area (Å²) in [5.41, 5.74) is 2.84. The van der Waals surface area contributed by atoms with Crippen LogP contribution in [0.4, 0.5) is 0 Å². The number of hydrogen-bond donors (Lipinski definition) is 3. The summed E-state index contributed by atoms with van der Waals surface area (Å²) < 4.78 is 0. The van der Waals surface area contributed by atoms with Gasteiger partial charge in [0.2, 0.25) is 0 Å². The van der Waals surface area contributed by atoms with Crippen LogP contribution in [0, 0.1) is 0 Å². The highest BCUT2D eigenvalue weighted by atomic mass is 16.1. The lowest BCUT2D eigenvalue weighted by molar-refractivity contribution is 0.338. The molecule has 1 fully saturated rings. The Morgan fingerprint density at radius 2 is 2.06 bits per heavy atom. The van der Waals surface area contributed by atoms with Gasteiger partial charge in [0.05, 0.1) is 11.0 Å². The molecule has 1 aromatic heterocycles. The Labute approximate surface area is 93.1 Å². The van der Waals surface area contributed by atoms with Gasteiger partial charge in [0.25, 0.3) is 0 Å². The van der Waals surface area contributed by atoms with Gasteiger partial charge in [-0.25, -0.2) is 4.79 Å². The maximum atomic E-state index is 11.1. The van der Waals surface area contributed by atoms with Crippen molar-refractivity contribution < 1.29 is 0 Å². The zero-order valence-electron chi connectivity index (χ0n) is 9.05. The second kappa shape index (κ2) is 3.79. The summed E-state index contributed by atoms with van der Waals surface area (Å²) in [5.74, 6) is 0. The zero-order valence-corrected chi connectivity index (χ0v) is 9.05. The SMILES string of the molecule is O=c1[nH]c2ccc(CNC3CCC3)cc2[nH]1. The van der Waals surface area contributed by atoms with Crippen LogP contribution >= 0.6 is 0 Å². The Morgan fingerprint density at radius 3 is 2.81 bits per heavy atom. The maximum absolute atomic E-state index is 11.1. The fraction of sp³-hybridized carbons (Fsp3) is 0.417. The quantitative estimate of drug-likeness (QED) is 0.729. The van der Waals surface area contributed by atoms with Crippen molar-refractivity contribution in [1.29, 1.82) is 0 Å². The molecule has 1 aliphatic rings. The van der Waals surface area contributed by atoms with Crippen LogP contribution in [0.2, 0.25) is 0 Å². The summed E-state index contributed by atoms with van der Waals surface area (Å²) in [7, 11) is 0. The van der Waals surface area contributed by atoms with Gasteiger partial charge in [0, 0.05) is 12.6 Å². The largest absolute Gasteiger partial charge is 0.323 e. The molecule has 3 rings (SSSR count). The van der Waals surface area contributed by atoms with E-state index in [1.54, 1.807) is 0 Å². The van der Waals surface area contributed by atoms with Crippen LogP contribution in [-0.2, 0) is 6.54 Å². The van der Waals surface area contributed by atoms with Crippen LogP contribution in [0.25, 0.3) is 11.0 Å². The molecular formula is C12H15N3O. The van der Waals surface area contributed by atoms with E-state index < -0.39 is 0 Å². The van der Waals surface area contributed by atoms with E-state index in [1.807, 2.05) is 12.1 Å². The van der Waals surface area contributed by atoms with E-state index in [0.717, 1.165) is 17.6 Å². The summed E-state index contributed by atoms with van der Waals surface area (Å²) in [5, 5.41) is 3.50.